The molecule has 0 aromatic heterocycles. The third-order valence-electron chi connectivity index (χ3n) is 0.987. The molecule has 0 saturated carbocycles. The normalized spacial score (nSPS) is 8.25. The molecule has 0 aliphatic heterocycles. The van der Waals surface area contributed by atoms with Crippen LogP contribution in [0.15, 0.2) is 0 Å². The molecule has 0 unspecified atom stereocenters. The quantitative estimate of drug-likeness (QED) is 0.333. The van der Waals surface area contributed by atoms with Gasteiger partial charge >= 0.3 is 29.6 Å². The SMILES string of the molecule is CCCCCCBr.[H-].[Na+]. The Morgan fingerprint density at radius 1 is 1.25 bits per heavy atom. The van der Waals surface area contributed by atoms with Crippen LogP contribution in [-0.4, -0.2) is 5.33 Å². The van der Waals surface area contributed by atoms with Crippen LogP contribution < -0.4 is 29.6 Å². The maximum Gasteiger partial charge on any atom is 1.00 e. The molecule has 0 atom stereocenters. The minimum absolute atomic E-state index is 0. The van der Waals surface area contributed by atoms with Crippen LogP contribution in [0.5, 0.6) is 0 Å². The smallest absolute Gasteiger partial charge is 1.00 e. The van der Waals surface area contributed by atoms with E-state index >= 15 is 0 Å². The van der Waals surface area contributed by atoms with E-state index in [0.717, 1.165) is 0 Å². The molecule has 0 radical (unpaired) electrons. The average Bonchev–Trinajstić information content (AvgIpc) is 1.69. The number of halogens is 1. The molecule has 0 bridgehead atoms. The maximum atomic E-state index is 3.38. The molecule has 0 rings (SSSR count). The number of rotatable bonds is 4. The van der Waals surface area contributed by atoms with Gasteiger partial charge in [-0.1, -0.05) is 42.1 Å². The molecule has 0 aliphatic carbocycles. The maximum absolute atomic E-state index is 3.38. The van der Waals surface area contributed by atoms with Crippen LogP contribution in [0.1, 0.15) is 34.0 Å². The van der Waals surface area contributed by atoms with E-state index in [1.165, 1.54) is 31.0 Å². The molecule has 0 N–H and O–H groups in total. The van der Waals surface area contributed by atoms with Crippen LogP contribution in [0.25, 0.3) is 0 Å². The van der Waals surface area contributed by atoms with E-state index in [1.807, 2.05) is 0 Å². The van der Waals surface area contributed by atoms with Gasteiger partial charge in [-0.3, -0.25) is 0 Å². The molecule has 0 saturated heterocycles. The molecule has 46 valence electrons. The first-order chi connectivity index (χ1) is 3.41. The molecule has 0 aliphatic rings. The van der Waals surface area contributed by atoms with Crippen molar-refractivity contribution >= 4 is 15.9 Å². The molecule has 8 heavy (non-hydrogen) atoms. The van der Waals surface area contributed by atoms with Crippen molar-refractivity contribution in [3.63, 3.8) is 0 Å². The largest absolute Gasteiger partial charge is 1.00 e. The zero-order valence-corrected chi connectivity index (χ0v) is 9.50. The Balaban J connectivity index is -0.000000180. The van der Waals surface area contributed by atoms with Crippen LogP contribution in [0.4, 0.5) is 0 Å². The van der Waals surface area contributed by atoms with Crippen molar-refractivity contribution in [1.29, 1.82) is 0 Å². The summed E-state index contributed by atoms with van der Waals surface area (Å²) in [7, 11) is 0. The van der Waals surface area contributed by atoms with E-state index < -0.39 is 0 Å². The topological polar surface area (TPSA) is 0 Å². The van der Waals surface area contributed by atoms with Gasteiger partial charge in [-0.25, -0.2) is 0 Å². The van der Waals surface area contributed by atoms with Crippen molar-refractivity contribution in [1.82, 2.24) is 0 Å². The van der Waals surface area contributed by atoms with Crippen LogP contribution in [0, 0.1) is 0 Å². The Morgan fingerprint density at radius 3 is 2.25 bits per heavy atom. The van der Waals surface area contributed by atoms with E-state index in [-0.39, 0.29) is 31.0 Å². The summed E-state index contributed by atoms with van der Waals surface area (Å²) >= 11 is 3.38. The number of unbranched alkanes of at least 4 members (excludes halogenated alkanes) is 3. The molecule has 0 nitrogen and oxygen atoms in total. The summed E-state index contributed by atoms with van der Waals surface area (Å²) in [5.74, 6) is 0. The Kier molecular flexibility index (Phi) is 17.2. The molecule has 0 heterocycles. The molecule has 0 spiro atoms. The molecule has 2 heteroatoms. The predicted octanol–water partition coefficient (Wildman–Crippen LogP) is 0.0781. The fourth-order valence-electron chi connectivity index (χ4n) is 0.521. The van der Waals surface area contributed by atoms with Crippen molar-refractivity contribution in [2.45, 2.75) is 32.6 Å². The second-order valence-corrected chi connectivity index (χ2v) is 2.54. The first-order valence-corrected chi connectivity index (χ1v) is 4.10. The first-order valence-electron chi connectivity index (χ1n) is 2.97. The van der Waals surface area contributed by atoms with E-state index in [1.54, 1.807) is 0 Å². The van der Waals surface area contributed by atoms with E-state index in [0.29, 0.717) is 0 Å². The second-order valence-electron chi connectivity index (χ2n) is 1.75. The van der Waals surface area contributed by atoms with Crippen molar-refractivity contribution in [3.8, 4) is 0 Å². The summed E-state index contributed by atoms with van der Waals surface area (Å²) < 4.78 is 0. The number of alkyl halides is 1. The van der Waals surface area contributed by atoms with Gasteiger partial charge in [-0.05, 0) is 6.42 Å². The summed E-state index contributed by atoms with van der Waals surface area (Å²) in [6, 6.07) is 0. The molecule has 0 amide bonds. The Bertz CT molecular complexity index is 32.2. The van der Waals surface area contributed by atoms with E-state index in [9.17, 15) is 0 Å². The molecular weight excluding hydrogens is 175 g/mol. The first kappa shape index (κ1) is 12.2. The predicted molar refractivity (Wildman–Crippen MR) is 39.0 cm³/mol. The summed E-state index contributed by atoms with van der Waals surface area (Å²) in [5.41, 5.74) is 0. The van der Waals surface area contributed by atoms with E-state index in [4.69, 9.17) is 0 Å². The van der Waals surface area contributed by atoms with Gasteiger partial charge in [0.25, 0.3) is 0 Å². The minimum atomic E-state index is 0. The fraction of sp³-hybridized carbons (Fsp3) is 1.00. The standard InChI is InChI=1S/C6H13Br.Na.H/c1-2-3-4-5-6-7;;/h2-6H2,1H3;;/q;+1;-1. The Labute approximate surface area is 84.3 Å². The third kappa shape index (κ3) is 10.5. The molecule has 0 aromatic rings. The minimum Gasteiger partial charge on any atom is -1.00 e. The number of hydrogen-bond donors (Lipinski definition) is 0. The molecule has 0 fully saturated rings. The van der Waals surface area contributed by atoms with E-state index in [2.05, 4.69) is 22.9 Å². The van der Waals surface area contributed by atoms with Gasteiger partial charge < -0.3 is 1.43 Å². The summed E-state index contributed by atoms with van der Waals surface area (Å²) in [6.07, 6.45) is 5.47. The van der Waals surface area contributed by atoms with Gasteiger partial charge in [0, 0.05) is 5.33 Å². The van der Waals surface area contributed by atoms with Crippen molar-refractivity contribution in [3.05, 3.63) is 0 Å². The van der Waals surface area contributed by atoms with Crippen LogP contribution in [-0.2, 0) is 0 Å². The van der Waals surface area contributed by atoms with Crippen molar-refractivity contribution in [2.24, 2.45) is 0 Å². The summed E-state index contributed by atoms with van der Waals surface area (Å²) in [4.78, 5) is 0. The van der Waals surface area contributed by atoms with Crippen LogP contribution in [0.2, 0.25) is 0 Å². The van der Waals surface area contributed by atoms with Gasteiger partial charge in [-0.2, -0.15) is 0 Å². The Hall–Kier alpha value is 1.48. The fourth-order valence-corrected chi connectivity index (χ4v) is 0.918. The summed E-state index contributed by atoms with van der Waals surface area (Å²) in [5, 5.41) is 1.17. The van der Waals surface area contributed by atoms with Gasteiger partial charge in [-0.15, -0.1) is 0 Å². The van der Waals surface area contributed by atoms with Crippen LogP contribution >= 0.6 is 15.9 Å². The van der Waals surface area contributed by atoms with Gasteiger partial charge in [0.2, 0.25) is 0 Å². The van der Waals surface area contributed by atoms with Crippen LogP contribution in [0.3, 0.4) is 0 Å². The van der Waals surface area contributed by atoms with Gasteiger partial charge in [0.05, 0.1) is 0 Å². The number of hydrogen-bond acceptors (Lipinski definition) is 0. The van der Waals surface area contributed by atoms with Gasteiger partial charge in [0.15, 0.2) is 0 Å². The van der Waals surface area contributed by atoms with Crippen molar-refractivity contribution < 1.29 is 31.0 Å². The zero-order valence-electron chi connectivity index (χ0n) is 6.91. The second kappa shape index (κ2) is 11.3. The Morgan fingerprint density at radius 2 is 1.88 bits per heavy atom. The zero-order chi connectivity index (χ0) is 5.54. The molecular formula is C6H14BrNa. The van der Waals surface area contributed by atoms with Gasteiger partial charge in [0.1, 0.15) is 0 Å². The summed E-state index contributed by atoms with van der Waals surface area (Å²) in [6.45, 7) is 2.23. The van der Waals surface area contributed by atoms with Crippen molar-refractivity contribution in [2.75, 3.05) is 5.33 Å². The average molecular weight is 189 g/mol. The monoisotopic (exact) mass is 188 g/mol. The third-order valence-corrected chi connectivity index (χ3v) is 1.55. The molecule has 0 aromatic carbocycles.